The van der Waals surface area contributed by atoms with E-state index in [1.54, 1.807) is 13.2 Å². The molecule has 0 aliphatic rings. The number of aromatic nitrogens is 2. The SMILES string of the molecule is COc1ccc(Nc2cc(C(=O)Nc3ccccc3)ncn2)cc1. The normalized spacial score (nSPS) is 10.0. The smallest absolute Gasteiger partial charge is 0.274 e. The molecule has 1 heterocycles. The highest BCUT2D eigenvalue weighted by Crippen LogP contribution is 2.19. The highest BCUT2D eigenvalue weighted by atomic mass is 16.5. The van der Waals surface area contributed by atoms with Crippen molar-refractivity contribution in [1.82, 2.24) is 9.97 Å². The van der Waals surface area contributed by atoms with Gasteiger partial charge in [-0.1, -0.05) is 18.2 Å². The summed E-state index contributed by atoms with van der Waals surface area (Å²) in [5.41, 5.74) is 1.83. The molecule has 3 aromatic rings. The Morgan fingerprint density at radius 3 is 2.42 bits per heavy atom. The fourth-order valence-corrected chi connectivity index (χ4v) is 2.09. The van der Waals surface area contributed by atoms with Gasteiger partial charge in [-0.3, -0.25) is 4.79 Å². The molecule has 0 bridgehead atoms. The van der Waals surface area contributed by atoms with Crippen molar-refractivity contribution in [3.63, 3.8) is 0 Å². The van der Waals surface area contributed by atoms with Crippen molar-refractivity contribution < 1.29 is 9.53 Å². The maximum Gasteiger partial charge on any atom is 0.274 e. The first-order valence-corrected chi connectivity index (χ1v) is 7.34. The van der Waals surface area contributed by atoms with Crippen LogP contribution in [-0.2, 0) is 0 Å². The molecule has 0 aliphatic heterocycles. The summed E-state index contributed by atoms with van der Waals surface area (Å²) in [6, 6.07) is 18.2. The third-order valence-electron chi connectivity index (χ3n) is 3.29. The Bertz CT molecular complexity index is 820. The summed E-state index contributed by atoms with van der Waals surface area (Å²) in [7, 11) is 1.62. The summed E-state index contributed by atoms with van der Waals surface area (Å²) in [6.45, 7) is 0. The minimum absolute atomic E-state index is 0.282. The van der Waals surface area contributed by atoms with E-state index in [2.05, 4.69) is 20.6 Å². The second kappa shape index (κ2) is 7.23. The summed E-state index contributed by atoms with van der Waals surface area (Å²) < 4.78 is 5.12. The second-order valence-electron chi connectivity index (χ2n) is 4.96. The number of hydrogen-bond acceptors (Lipinski definition) is 5. The summed E-state index contributed by atoms with van der Waals surface area (Å²) in [4.78, 5) is 20.4. The van der Waals surface area contributed by atoms with E-state index in [1.165, 1.54) is 6.33 Å². The van der Waals surface area contributed by atoms with Gasteiger partial charge in [0.2, 0.25) is 0 Å². The van der Waals surface area contributed by atoms with E-state index in [-0.39, 0.29) is 11.6 Å². The summed E-state index contributed by atoms with van der Waals surface area (Å²) in [6.07, 6.45) is 1.35. The van der Waals surface area contributed by atoms with E-state index < -0.39 is 0 Å². The molecule has 24 heavy (non-hydrogen) atoms. The lowest BCUT2D eigenvalue weighted by molar-refractivity contribution is 0.102. The Labute approximate surface area is 139 Å². The number of anilines is 3. The number of hydrogen-bond donors (Lipinski definition) is 2. The molecule has 0 radical (unpaired) electrons. The van der Waals surface area contributed by atoms with Crippen LogP contribution in [0.5, 0.6) is 5.75 Å². The molecule has 0 atom stereocenters. The molecule has 0 saturated heterocycles. The molecule has 2 N–H and O–H groups in total. The van der Waals surface area contributed by atoms with Gasteiger partial charge in [0.25, 0.3) is 5.91 Å². The van der Waals surface area contributed by atoms with Gasteiger partial charge in [0, 0.05) is 17.4 Å². The molecule has 2 aromatic carbocycles. The summed E-state index contributed by atoms with van der Waals surface area (Å²) >= 11 is 0. The Morgan fingerprint density at radius 2 is 1.71 bits per heavy atom. The van der Waals surface area contributed by atoms with Crippen LogP contribution in [-0.4, -0.2) is 23.0 Å². The lowest BCUT2D eigenvalue weighted by atomic mass is 10.3. The Balaban J connectivity index is 1.72. The van der Waals surface area contributed by atoms with E-state index in [1.807, 2.05) is 54.6 Å². The summed E-state index contributed by atoms with van der Waals surface area (Å²) in [5, 5.41) is 5.92. The molecular formula is C18H16N4O2. The molecule has 6 nitrogen and oxygen atoms in total. The maximum atomic E-state index is 12.3. The molecule has 0 unspecified atom stereocenters. The monoisotopic (exact) mass is 320 g/mol. The largest absolute Gasteiger partial charge is 0.497 e. The van der Waals surface area contributed by atoms with Gasteiger partial charge in [-0.15, -0.1) is 0 Å². The van der Waals surface area contributed by atoms with Crippen molar-refractivity contribution in [2.75, 3.05) is 17.7 Å². The van der Waals surface area contributed by atoms with Gasteiger partial charge < -0.3 is 15.4 Å². The van der Waals surface area contributed by atoms with Crippen molar-refractivity contribution in [2.24, 2.45) is 0 Å². The van der Waals surface area contributed by atoms with Crippen LogP contribution in [0, 0.1) is 0 Å². The average molecular weight is 320 g/mol. The molecule has 1 aromatic heterocycles. The van der Waals surface area contributed by atoms with E-state index in [0.717, 1.165) is 11.4 Å². The highest BCUT2D eigenvalue weighted by molar-refractivity contribution is 6.03. The minimum Gasteiger partial charge on any atom is -0.497 e. The van der Waals surface area contributed by atoms with E-state index in [4.69, 9.17) is 4.74 Å². The molecule has 6 heteroatoms. The average Bonchev–Trinajstić information content (AvgIpc) is 2.63. The van der Waals surface area contributed by atoms with Gasteiger partial charge in [-0.05, 0) is 36.4 Å². The number of ether oxygens (including phenoxy) is 1. The van der Waals surface area contributed by atoms with Gasteiger partial charge in [0.05, 0.1) is 7.11 Å². The number of rotatable bonds is 5. The molecule has 0 saturated carbocycles. The first kappa shape index (κ1) is 15.5. The molecule has 120 valence electrons. The van der Waals surface area contributed by atoms with Gasteiger partial charge in [0.15, 0.2) is 0 Å². The van der Waals surface area contributed by atoms with Crippen LogP contribution in [0.25, 0.3) is 0 Å². The zero-order valence-corrected chi connectivity index (χ0v) is 13.1. The number of methoxy groups -OCH3 is 1. The zero-order chi connectivity index (χ0) is 16.8. The van der Waals surface area contributed by atoms with Crippen molar-refractivity contribution in [3.8, 4) is 5.75 Å². The van der Waals surface area contributed by atoms with Crippen LogP contribution in [0.2, 0.25) is 0 Å². The zero-order valence-electron chi connectivity index (χ0n) is 13.1. The highest BCUT2D eigenvalue weighted by Gasteiger charge is 2.09. The van der Waals surface area contributed by atoms with Gasteiger partial charge in [-0.25, -0.2) is 9.97 Å². The van der Waals surface area contributed by atoms with Crippen LogP contribution >= 0.6 is 0 Å². The van der Waals surface area contributed by atoms with Crippen molar-refractivity contribution >= 4 is 23.1 Å². The van der Waals surface area contributed by atoms with Crippen LogP contribution in [0.1, 0.15) is 10.5 Å². The molecular weight excluding hydrogens is 304 g/mol. The number of carbonyl (C=O) groups is 1. The van der Waals surface area contributed by atoms with Crippen LogP contribution < -0.4 is 15.4 Å². The summed E-state index contributed by atoms with van der Waals surface area (Å²) in [5.74, 6) is 1.01. The Morgan fingerprint density at radius 1 is 0.958 bits per heavy atom. The number of benzene rings is 2. The van der Waals surface area contributed by atoms with Gasteiger partial charge >= 0.3 is 0 Å². The van der Waals surface area contributed by atoms with E-state index in [9.17, 15) is 4.79 Å². The lowest BCUT2D eigenvalue weighted by Crippen LogP contribution is -2.14. The predicted molar refractivity (Wildman–Crippen MR) is 92.7 cm³/mol. The molecule has 1 amide bonds. The van der Waals surface area contributed by atoms with Crippen LogP contribution in [0.15, 0.2) is 67.0 Å². The number of nitrogens with one attached hydrogen (secondary N) is 2. The second-order valence-corrected chi connectivity index (χ2v) is 4.96. The lowest BCUT2D eigenvalue weighted by Gasteiger charge is -2.08. The van der Waals surface area contributed by atoms with Crippen LogP contribution in [0.4, 0.5) is 17.2 Å². The number of carbonyl (C=O) groups excluding carboxylic acids is 1. The van der Waals surface area contributed by atoms with E-state index in [0.29, 0.717) is 11.5 Å². The minimum atomic E-state index is -0.290. The molecule has 0 spiro atoms. The third kappa shape index (κ3) is 3.86. The van der Waals surface area contributed by atoms with E-state index >= 15 is 0 Å². The number of amides is 1. The Kier molecular flexibility index (Phi) is 4.67. The predicted octanol–water partition coefficient (Wildman–Crippen LogP) is 3.48. The first-order valence-electron chi connectivity index (χ1n) is 7.34. The Hall–Kier alpha value is -3.41. The van der Waals surface area contributed by atoms with Crippen molar-refractivity contribution in [2.45, 2.75) is 0 Å². The topological polar surface area (TPSA) is 76.1 Å². The van der Waals surface area contributed by atoms with Gasteiger partial charge in [-0.2, -0.15) is 0 Å². The number of nitrogens with zero attached hydrogens (tertiary/aromatic N) is 2. The first-order chi connectivity index (χ1) is 11.7. The van der Waals surface area contributed by atoms with Crippen molar-refractivity contribution in [3.05, 3.63) is 72.7 Å². The fourth-order valence-electron chi connectivity index (χ4n) is 2.09. The standard InChI is InChI=1S/C18H16N4O2/c1-24-15-9-7-14(8-10-15)21-17-11-16(19-12-20-17)18(23)22-13-5-3-2-4-6-13/h2-12H,1H3,(H,22,23)(H,19,20,21). The van der Waals surface area contributed by atoms with Crippen molar-refractivity contribution in [1.29, 1.82) is 0 Å². The van der Waals surface area contributed by atoms with Crippen LogP contribution in [0.3, 0.4) is 0 Å². The molecule has 0 fully saturated rings. The maximum absolute atomic E-state index is 12.3. The molecule has 3 rings (SSSR count). The third-order valence-corrected chi connectivity index (χ3v) is 3.29. The van der Waals surface area contributed by atoms with Gasteiger partial charge in [0.1, 0.15) is 23.6 Å². The quantitative estimate of drug-likeness (QED) is 0.752. The number of para-hydroxylation sites is 1. The molecule has 0 aliphatic carbocycles. The fraction of sp³-hybridized carbons (Fsp3) is 0.0556.